The van der Waals surface area contributed by atoms with Crippen molar-refractivity contribution in [2.24, 2.45) is 0 Å². The fourth-order valence-corrected chi connectivity index (χ4v) is 1.63. The molecule has 0 aliphatic heterocycles. The van der Waals surface area contributed by atoms with Crippen molar-refractivity contribution in [2.75, 3.05) is 0 Å². The first-order valence-corrected chi connectivity index (χ1v) is 5.62. The van der Waals surface area contributed by atoms with E-state index < -0.39 is 0 Å². The van der Waals surface area contributed by atoms with Crippen molar-refractivity contribution in [2.45, 2.75) is 13.5 Å². The Hall–Kier alpha value is -2.16. The Labute approximate surface area is 105 Å². The molecule has 0 saturated heterocycles. The van der Waals surface area contributed by atoms with Crippen LogP contribution in [0.15, 0.2) is 42.5 Å². The molecule has 0 spiro atoms. The van der Waals surface area contributed by atoms with Gasteiger partial charge in [-0.25, -0.2) is 4.39 Å². The van der Waals surface area contributed by atoms with Gasteiger partial charge >= 0.3 is 0 Å². The van der Waals surface area contributed by atoms with Crippen LogP contribution in [-0.2, 0) is 6.61 Å². The molecule has 2 aromatic rings. The van der Waals surface area contributed by atoms with Crippen molar-refractivity contribution >= 4 is 6.29 Å². The van der Waals surface area contributed by atoms with Gasteiger partial charge in [0, 0.05) is 5.56 Å². The minimum atomic E-state index is -0.277. The van der Waals surface area contributed by atoms with Gasteiger partial charge in [-0.2, -0.15) is 0 Å². The van der Waals surface area contributed by atoms with E-state index in [0.717, 1.165) is 17.4 Å². The molecule has 0 bridgehead atoms. The molecule has 0 aliphatic rings. The molecule has 0 N–H and O–H groups in total. The highest BCUT2D eigenvalue weighted by Crippen LogP contribution is 2.16. The van der Waals surface area contributed by atoms with Crippen molar-refractivity contribution in [3.8, 4) is 5.75 Å². The first-order chi connectivity index (χ1) is 8.69. The number of rotatable bonds is 4. The zero-order valence-corrected chi connectivity index (χ0v) is 10.0. The third-order valence-electron chi connectivity index (χ3n) is 2.70. The molecule has 2 aromatic carbocycles. The lowest BCUT2D eigenvalue weighted by atomic mass is 10.1. The monoisotopic (exact) mass is 244 g/mol. The summed E-state index contributed by atoms with van der Waals surface area (Å²) >= 11 is 0. The Morgan fingerprint density at radius 2 is 2.06 bits per heavy atom. The van der Waals surface area contributed by atoms with Gasteiger partial charge in [-0.1, -0.05) is 18.2 Å². The van der Waals surface area contributed by atoms with Crippen molar-refractivity contribution < 1.29 is 13.9 Å². The normalized spacial score (nSPS) is 10.1. The molecule has 92 valence electrons. The van der Waals surface area contributed by atoms with Crippen LogP contribution in [0, 0.1) is 12.7 Å². The predicted octanol–water partition coefficient (Wildman–Crippen LogP) is 3.53. The number of hydrogen-bond acceptors (Lipinski definition) is 2. The van der Waals surface area contributed by atoms with Crippen LogP contribution in [0.3, 0.4) is 0 Å². The highest BCUT2D eigenvalue weighted by Gasteiger charge is 2.02. The van der Waals surface area contributed by atoms with E-state index >= 15 is 0 Å². The average Bonchev–Trinajstić information content (AvgIpc) is 2.40. The number of hydrogen-bond donors (Lipinski definition) is 0. The van der Waals surface area contributed by atoms with E-state index in [1.54, 1.807) is 30.3 Å². The second-order valence-electron chi connectivity index (χ2n) is 4.05. The van der Waals surface area contributed by atoms with Gasteiger partial charge in [0.05, 0.1) is 0 Å². The van der Waals surface area contributed by atoms with Crippen LogP contribution in [-0.4, -0.2) is 6.29 Å². The zero-order chi connectivity index (χ0) is 13.0. The quantitative estimate of drug-likeness (QED) is 0.769. The van der Waals surface area contributed by atoms with Crippen LogP contribution in [0.2, 0.25) is 0 Å². The third-order valence-corrected chi connectivity index (χ3v) is 2.70. The summed E-state index contributed by atoms with van der Waals surface area (Å²) in [5.41, 5.74) is 2.33. The molecule has 3 heteroatoms. The van der Waals surface area contributed by atoms with E-state index in [1.807, 2.05) is 6.92 Å². The van der Waals surface area contributed by atoms with Gasteiger partial charge in [-0.05, 0) is 42.3 Å². The van der Waals surface area contributed by atoms with Gasteiger partial charge in [-0.15, -0.1) is 0 Å². The number of aryl methyl sites for hydroxylation is 1. The van der Waals surface area contributed by atoms with Gasteiger partial charge in [0.1, 0.15) is 24.5 Å². The molecule has 2 rings (SSSR count). The Bertz CT molecular complexity index is 564. The lowest BCUT2D eigenvalue weighted by molar-refractivity contribution is 0.112. The minimum absolute atomic E-state index is 0.277. The van der Waals surface area contributed by atoms with Crippen molar-refractivity contribution in [3.63, 3.8) is 0 Å². The van der Waals surface area contributed by atoms with Crippen LogP contribution in [0.1, 0.15) is 21.5 Å². The Morgan fingerprint density at radius 3 is 2.83 bits per heavy atom. The molecule has 0 amide bonds. The topological polar surface area (TPSA) is 26.3 Å². The smallest absolute Gasteiger partial charge is 0.150 e. The van der Waals surface area contributed by atoms with Crippen LogP contribution in [0.25, 0.3) is 0 Å². The van der Waals surface area contributed by atoms with E-state index in [1.165, 1.54) is 12.1 Å². The summed E-state index contributed by atoms with van der Waals surface area (Å²) in [5.74, 6) is 0.323. The number of benzene rings is 2. The lowest BCUT2D eigenvalue weighted by Gasteiger charge is -2.09. The first-order valence-electron chi connectivity index (χ1n) is 5.62. The SMILES string of the molecule is Cc1ccc(F)cc1COc1cccc(C=O)c1. The molecule has 0 aromatic heterocycles. The second kappa shape index (κ2) is 5.45. The summed E-state index contributed by atoms with van der Waals surface area (Å²) in [6, 6.07) is 11.5. The molecule has 2 nitrogen and oxygen atoms in total. The van der Waals surface area contributed by atoms with Gasteiger partial charge in [0.25, 0.3) is 0 Å². The largest absolute Gasteiger partial charge is 0.489 e. The molecule has 18 heavy (non-hydrogen) atoms. The first kappa shape index (κ1) is 12.3. The number of ether oxygens (including phenoxy) is 1. The number of aldehydes is 1. The Balaban J connectivity index is 2.11. The fraction of sp³-hybridized carbons (Fsp3) is 0.133. The molecule has 0 fully saturated rings. The molecular weight excluding hydrogens is 231 g/mol. The summed E-state index contributed by atoms with van der Waals surface area (Å²) in [6.45, 7) is 2.19. The summed E-state index contributed by atoms with van der Waals surface area (Å²) in [7, 11) is 0. The summed E-state index contributed by atoms with van der Waals surface area (Å²) in [5, 5.41) is 0. The Kier molecular flexibility index (Phi) is 3.72. The highest BCUT2D eigenvalue weighted by atomic mass is 19.1. The average molecular weight is 244 g/mol. The van der Waals surface area contributed by atoms with E-state index in [9.17, 15) is 9.18 Å². The maximum atomic E-state index is 13.1. The van der Waals surface area contributed by atoms with E-state index in [0.29, 0.717) is 11.3 Å². The standard InChI is InChI=1S/C15H13FO2/c1-11-5-6-14(16)8-13(11)10-18-15-4-2-3-12(7-15)9-17/h2-9H,10H2,1H3. The highest BCUT2D eigenvalue weighted by molar-refractivity contribution is 5.75. The Morgan fingerprint density at radius 1 is 1.22 bits per heavy atom. The summed E-state index contributed by atoms with van der Waals surface area (Å²) < 4.78 is 18.6. The minimum Gasteiger partial charge on any atom is -0.489 e. The van der Waals surface area contributed by atoms with Crippen LogP contribution >= 0.6 is 0 Å². The number of halogens is 1. The van der Waals surface area contributed by atoms with Crippen molar-refractivity contribution in [1.82, 2.24) is 0 Å². The van der Waals surface area contributed by atoms with Gasteiger partial charge in [0.2, 0.25) is 0 Å². The van der Waals surface area contributed by atoms with E-state index in [2.05, 4.69) is 0 Å². The zero-order valence-electron chi connectivity index (χ0n) is 10.0. The van der Waals surface area contributed by atoms with Gasteiger partial charge < -0.3 is 4.74 Å². The molecular formula is C15H13FO2. The molecule has 0 unspecified atom stereocenters. The molecule has 0 radical (unpaired) electrons. The maximum absolute atomic E-state index is 13.1. The maximum Gasteiger partial charge on any atom is 0.150 e. The van der Waals surface area contributed by atoms with Crippen LogP contribution < -0.4 is 4.74 Å². The summed E-state index contributed by atoms with van der Waals surface area (Å²) in [6.07, 6.45) is 0.764. The van der Waals surface area contributed by atoms with Crippen molar-refractivity contribution in [1.29, 1.82) is 0 Å². The molecule has 0 heterocycles. The van der Waals surface area contributed by atoms with Crippen LogP contribution in [0.4, 0.5) is 4.39 Å². The molecule has 0 saturated carbocycles. The third kappa shape index (κ3) is 2.94. The molecule has 0 atom stereocenters. The van der Waals surface area contributed by atoms with Gasteiger partial charge in [-0.3, -0.25) is 4.79 Å². The number of carbonyl (C=O) groups excluding carboxylic acids is 1. The van der Waals surface area contributed by atoms with Crippen molar-refractivity contribution in [3.05, 3.63) is 65.0 Å². The second-order valence-corrected chi connectivity index (χ2v) is 4.05. The molecule has 0 aliphatic carbocycles. The van der Waals surface area contributed by atoms with Gasteiger partial charge in [0.15, 0.2) is 0 Å². The van der Waals surface area contributed by atoms with Crippen LogP contribution in [0.5, 0.6) is 5.75 Å². The van der Waals surface area contributed by atoms with E-state index in [4.69, 9.17) is 4.74 Å². The predicted molar refractivity (Wildman–Crippen MR) is 67.3 cm³/mol. The number of carbonyl (C=O) groups is 1. The fourth-order valence-electron chi connectivity index (χ4n) is 1.63. The van der Waals surface area contributed by atoms with E-state index in [-0.39, 0.29) is 12.4 Å². The summed E-state index contributed by atoms with van der Waals surface area (Å²) in [4.78, 5) is 10.6. The lowest BCUT2D eigenvalue weighted by Crippen LogP contribution is -1.99.